The van der Waals surface area contributed by atoms with Gasteiger partial charge in [-0.1, -0.05) is 30.4 Å². The van der Waals surface area contributed by atoms with Crippen LogP contribution >= 0.6 is 11.8 Å². The Morgan fingerprint density at radius 2 is 1.97 bits per heavy atom. The first-order chi connectivity index (χ1) is 14.3. The highest BCUT2D eigenvalue weighted by atomic mass is 32.2. The summed E-state index contributed by atoms with van der Waals surface area (Å²) in [6.45, 7) is 3.95. The van der Waals surface area contributed by atoms with Gasteiger partial charge in [-0.25, -0.2) is 4.98 Å². The molecule has 0 radical (unpaired) electrons. The molecule has 2 aliphatic heterocycles. The number of benzene rings is 1. The van der Waals surface area contributed by atoms with Crippen molar-refractivity contribution in [2.24, 2.45) is 0 Å². The first-order valence-corrected chi connectivity index (χ1v) is 11.0. The minimum absolute atomic E-state index is 0.736. The summed E-state index contributed by atoms with van der Waals surface area (Å²) in [5.74, 6) is 2.91. The molecule has 148 valence electrons. The Morgan fingerprint density at radius 3 is 2.76 bits per heavy atom. The summed E-state index contributed by atoms with van der Waals surface area (Å²) in [6.07, 6.45) is 8.29. The van der Waals surface area contributed by atoms with E-state index in [1.807, 2.05) is 6.07 Å². The number of nitrogens with zero attached hydrogens (tertiary/aromatic N) is 4. The largest absolute Gasteiger partial charge is 0.378 e. The number of aromatic amines is 1. The minimum Gasteiger partial charge on any atom is -0.378 e. The van der Waals surface area contributed by atoms with Crippen LogP contribution in [-0.4, -0.2) is 54.3 Å². The van der Waals surface area contributed by atoms with Gasteiger partial charge < -0.3 is 14.5 Å². The van der Waals surface area contributed by atoms with Crippen LogP contribution in [0.5, 0.6) is 0 Å². The number of H-pyrrole nitrogens is 1. The summed E-state index contributed by atoms with van der Waals surface area (Å²) < 4.78 is 5.56. The maximum Gasteiger partial charge on any atom is 0.144 e. The highest BCUT2D eigenvalue weighted by Crippen LogP contribution is 2.41. The van der Waals surface area contributed by atoms with Gasteiger partial charge in [-0.2, -0.15) is 5.10 Å². The number of rotatable bonds is 4. The fourth-order valence-corrected chi connectivity index (χ4v) is 4.53. The average Bonchev–Trinajstić information content (AvgIpc) is 3.33. The standard InChI is InChI=1S/C22H23N5OS/c1-29-19-7-3-2-5-16(19)18-15-21(26-11-13-28-14-12-26)24-22-17(18)6-4-10-27(22)20-8-9-23-25-20/h2-9,15H,10-14H2,1H3,(H,23,25). The van der Waals surface area contributed by atoms with Crippen molar-refractivity contribution in [1.82, 2.24) is 15.2 Å². The summed E-state index contributed by atoms with van der Waals surface area (Å²) in [4.78, 5) is 10.9. The summed E-state index contributed by atoms with van der Waals surface area (Å²) in [6, 6.07) is 12.8. The number of ether oxygens (including phenoxy) is 1. The summed E-state index contributed by atoms with van der Waals surface area (Å²) in [7, 11) is 0. The predicted molar refractivity (Wildman–Crippen MR) is 119 cm³/mol. The van der Waals surface area contributed by atoms with Gasteiger partial charge >= 0.3 is 0 Å². The summed E-state index contributed by atoms with van der Waals surface area (Å²) in [5, 5.41) is 7.23. The van der Waals surface area contributed by atoms with Crippen molar-refractivity contribution in [2.75, 3.05) is 48.9 Å². The second-order valence-corrected chi connectivity index (χ2v) is 7.87. The smallest absolute Gasteiger partial charge is 0.144 e. The molecule has 0 saturated carbocycles. The van der Waals surface area contributed by atoms with Gasteiger partial charge in [0.1, 0.15) is 17.5 Å². The minimum atomic E-state index is 0.736. The lowest BCUT2D eigenvalue weighted by Gasteiger charge is -2.32. The van der Waals surface area contributed by atoms with Crippen LogP contribution in [0.1, 0.15) is 5.56 Å². The van der Waals surface area contributed by atoms with Gasteiger partial charge in [-0.05, 0) is 29.5 Å². The molecule has 2 aliphatic rings. The van der Waals surface area contributed by atoms with Crippen LogP contribution in [-0.2, 0) is 4.74 Å². The molecular formula is C22H23N5OS. The molecule has 1 aromatic carbocycles. The van der Waals surface area contributed by atoms with E-state index in [2.05, 4.69) is 68.7 Å². The van der Waals surface area contributed by atoms with Gasteiger partial charge in [0.25, 0.3) is 0 Å². The lowest BCUT2D eigenvalue weighted by Crippen LogP contribution is -2.37. The van der Waals surface area contributed by atoms with Crippen LogP contribution in [0.15, 0.2) is 53.6 Å². The number of morpholine rings is 1. The zero-order chi connectivity index (χ0) is 19.6. The molecule has 4 heterocycles. The first kappa shape index (κ1) is 18.3. The topological polar surface area (TPSA) is 57.3 Å². The Labute approximate surface area is 174 Å². The molecule has 1 N–H and O–H groups in total. The number of thioether (sulfide) groups is 1. The van der Waals surface area contributed by atoms with Crippen LogP contribution in [0.3, 0.4) is 0 Å². The quantitative estimate of drug-likeness (QED) is 0.657. The molecule has 2 aromatic heterocycles. The van der Waals surface area contributed by atoms with Crippen LogP contribution in [0.25, 0.3) is 17.2 Å². The third-order valence-electron chi connectivity index (χ3n) is 5.36. The van der Waals surface area contributed by atoms with E-state index in [1.54, 1.807) is 18.0 Å². The SMILES string of the molecule is CSc1ccccc1-c1cc(N2CCOCC2)nc2c1C=CCN2c1ccn[nH]1. The van der Waals surface area contributed by atoms with Crippen molar-refractivity contribution in [1.29, 1.82) is 0 Å². The normalized spacial score (nSPS) is 16.2. The third kappa shape index (κ3) is 3.41. The number of fused-ring (bicyclic) bond motifs is 1. The van der Waals surface area contributed by atoms with Crippen LogP contribution < -0.4 is 9.80 Å². The molecule has 1 fully saturated rings. The zero-order valence-corrected chi connectivity index (χ0v) is 17.2. The molecule has 5 rings (SSSR count). The van der Waals surface area contributed by atoms with Crippen molar-refractivity contribution in [2.45, 2.75) is 4.90 Å². The third-order valence-corrected chi connectivity index (χ3v) is 6.16. The van der Waals surface area contributed by atoms with E-state index in [9.17, 15) is 0 Å². The highest BCUT2D eigenvalue weighted by molar-refractivity contribution is 7.98. The molecular weight excluding hydrogens is 382 g/mol. The van der Waals surface area contributed by atoms with Crippen molar-refractivity contribution >= 4 is 35.3 Å². The lowest BCUT2D eigenvalue weighted by molar-refractivity contribution is 0.122. The Morgan fingerprint density at radius 1 is 1.10 bits per heavy atom. The van der Waals surface area contributed by atoms with Crippen molar-refractivity contribution in [3.8, 4) is 11.1 Å². The Kier molecular flexibility index (Phi) is 4.99. The number of pyridine rings is 1. The molecule has 0 spiro atoms. The van der Waals surface area contributed by atoms with E-state index in [0.29, 0.717) is 0 Å². The van der Waals surface area contributed by atoms with E-state index in [0.717, 1.165) is 55.9 Å². The highest BCUT2D eigenvalue weighted by Gasteiger charge is 2.25. The van der Waals surface area contributed by atoms with E-state index in [4.69, 9.17) is 9.72 Å². The Hall–Kier alpha value is -2.77. The predicted octanol–water partition coefficient (Wildman–Crippen LogP) is 4.20. The van der Waals surface area contributed by atoms with E-state index >= 15 is 0 Å². The molecule has 29 heavy (non-hydrogen) atoms. The van der Waals surface area contributed by atoms with Crippen LogP contribution in [0.2, 0.25) is 0 Å². The van der Waals surface area contributed by atoms with Gasteiger partial charge in [0.15, 0.2) is 0 Å². The number of nitrogens with one attached hydrogen (secondary N) is 1. The lowest BCUT2D eigenvalue weighted by atomic mass is 9.98. The Bertz CT molecular complexity index is 1030. The monoisotopic (exact) mass is 405 g/mol. The van der Waals surface area contributed by atoms with E-state index < -0.39 is 0 Å². The summed E-state index contributed by atoms with van der Waals surface area (Å²) in [5.41, 5.74) is 3.59. The summed E-state index contributed by atoms with van der Waals surface area (Å²) >= 11 is 1.77. The van der Waals surface area contributed by atoms with Crippen LogP contribution in [0, 0.1) is 0 Å². The number of anilines is 3. The molecule has 0 bridgehead atoms. The molecule has 1 saturated heterocycles. The average molecular weight is 406 g/mol. The van der Waals surface area contributed by atoms with Gasteiger partial charge in [-0.3, -0.25) is 5.10 Å². The molecule has 0 atom stereocenters. The Balaban J connectivity index is 1.71. The van der Waals surface area contributed by atoms with Gasteiger partial charge in [-0.15, -0.1) is 11.8 Å². The fraction of sp³-hybridized carbons (Fsp3) is 0.273. The first-order valence-electron chi connectivity index (χ1n) is 9.80. The second-order valence-electron chi connectivity index (χ2n) is 7.02. The molecule has 0 amide bonds. The van der Waals surface area contributed by atoms with Crippen molar-refractivity contribution in [3.63, 3.8) is 0 Å². The molecule has 3 aromatic rings. The van der Waals surface area contributed by atoms with Gasteiger partial charge in [0.05, 0.1) is 19.4 Å². The second kappa shape index (κ2) is 7.93. The number of hydrogen-bond donors (Lipinski definition) is 1. The zero-order valence-electron chi connectivity index (χ0n) is 16.3. The number of aromatic nitrogens is 3. The van der Waals surface area contributed by atoms with Crippen molar-refractivity contribution in [3.05, 3.63) is 54.2 Å². The van der Waals surface area contributed by atoms with E-state index in [-0.39, 0.29) is 0 Å². The fourth-order valence-electron chi connectivity index (χ4n) is 3.92. The van der Waals surface area contributed by atoms with Gasteiger partial charge in [0.2, 0.25) is 0 Å². The molecule has 0 aliphatic carbocycles. The van der Waals surface area contributed by atoms with E-state index in [1.165, 1.54) is 16.0 Å². The van der Waals surface area contributed by atoms with Gasteiger partial charge in [0, 0.05) is 36.2 Å². The maximum atomic E-state index is 5.56. The maximum absolute atomic E-state index is 5.56. The molecule has 6 nitrogen and oxygen atoms in total. The molecule has 7 heteroatoms. The number of hydrogen-bond acceptors (Lipinski definition) is 6. The molecule has 0 unspecified atom stereocenters. The van der Waals surface area contributed by atoms with Crippen LogP contribution in [0.4, 0.5) is 17.5 Å². The van der Waals surface area contributed by atoms with Crippen molar-refractivity contribution < 1.29 is 4.74 Å².